The summed E-state index contributed by atoms with van der Waals surface area (Å²) in [5, 5.41) is 10.2. The van der Waals surface area contributed by atoms with Crippen molar-refractivity contribution in [3.05, 3.63) is 52.9 Å². The maximum atomic E-state index is 12.9. The molecule has 4 N–H and O–H groups in total. The Morgan fingerprint density at radius 1 is 1.29 bits per heavy atom. The first-order chi connectivity index (χ1) is 16.7. The Hall–Kier alpha value is -3.27. The lowest BCUT2D eigenvalue weighted by Crippen LogP contribution is -2.44. The number of aromatic amines is 1. The summed E-state index contributed by atoms with van der Waals surface area (Å²) in [5.74, 6) is 0.957. The SMILES string of the molecule is COc1c(Cl)cccc1Nc1c(-c2ccncc2OC[C@@H]2COCCN2)[nH]c2c1C(=O)NCC2. The molecule has 3 aromatic rings. The van der Waals surface area contributed by atoms with Crippen molar-refractivity contribution in [2.45, 2.75) is 12.5 Å². The van der Waals surface area contributed by atoms with E-state index < -0.39 is 0 Å². The summed E-state index contributed by atoms with van der Waals surface area (Å²) in [6, 6.07) is 7.40. The Labute approximate surface area is 202 Å². The molecular formula is C24H26ClN5O4. The quantitative estimate of drug-likeness (QED) is 0.408. The van der Waals surface area contributed by atoms with Crippen LogP contribution in [-0.4, -0.2) is 61.9 Å². The Morgan fingerprint density at radius 3 is 3.03 bits per heavy atom. The van der Waals surface area contributed by atoms with Crippen LogP contribution < -0.4 is 25.4 Å². The van der Waals surface area contributed by atoms with Gasteiger partial charge in [-0.3, -0.25) is 9.78 Å². The second-order valence-corrected chi connectivity index (χ2v) is 8.50. The number of ether oxygens (including phenoxy) is 3. The third-order valence-corrected chi connectivity index (χ3v) is 6.19. The number of pyridine rings is 1. The van der Waals surface area contributed by atoms with Gasteiger partial charge in [0.25, 0.3) is 5.91 Å². The maximum Gasteiger partial charge on any atom is 0.255 e. The monoisotopic (exact) mass is 483 g/mol. The largest absolute Gasteiger partial charge is 0.493 e. The third kappa shape index (κ3) is 4.42. The van der Waals surface area contributed by atoms with E-state index in [-0.39, 0.29) is 11.9 Å². The minimum Gasteiger partial charge on any atom is -0.493 e. The van der Waals surface area contributed by atoms with Crippen molar-refractivity contribution in [2.24, 2.45) is 0 Å². The molecule has 0 spiro atoms. The molecule has 2 aromatic heterocycles. The Kier molecular flexibility index (Phi) is 6.57. The number of anilines is 2. The number of fused-ring (bicyclic) bond motifs is 1. The van der Waals surface area contributed by atoms with Crippen molar-refractivity contribution in [3.8, 4) is 22.8 Å². The molecule has 1 atom stereocenters. The standard InChI is InChI=1S/C24H26ClN5O4/c1-32-23-16(25)3-2-4-18(23)30-22-20-17(6-8-28-24(20)31)29-21(22)15-5-7-26-11-19(15)34-13-14-12-33-10-9-27-14/h2-5,7,11,14,27,29-30H,6,8-10,12-13H2,1H3,(H,28,31)/t14-/m0/s1. The molecule has 4 heterocycles. The van der Waals surface area contributed by atoms with Crippen molar-refractivity contribution < 1.29 is 19.0 Å². The number of methoxy groups -OCH3 is 1. The van der Waals surface area contributed by atoms with Gasteiger partial charge in [-0.25, -0.2) is 0 Å². The van der Waals surface area contributed by atoms with Crippen LogP contribution in [0.3, 0.4) is 0 Å². The van der Waals surface area contributed by atoms with Crippen molar-refractivity contribution in [1.82, 2.24) is 20.6 Å². The van der Waals surface area contributed by atoms with Crippen molar-refractivity contribution in [3.63, 3.8) is 0 Å². The van der Waals surface area contributed by atoms with Crippen LogP contribution in [0.2, 0.25) is 5.02 Å². The van der Waals surface area contributed by atoms with Gasteiger partial charge in [0, 0.05) is 37.0 Å². The number of halogens is 1. The normalized spacial score (nSPS) is 17.6. The average Bonchev–Trinajstić information content (AvgIpc) is 3.23. The summed E-state index contributed by atoms with van der Waals surface area (Å²) >= 11 is 6.34. The number of para-hydroxylation sites is 1. The Bertz CT molecular complexity index is 1190. The molecule has 2 aliphatic heterocycles. The van der Waals surface area contributed by atoms with Gasteiger partial charge in [-0.2, -0.15) is 0 Å². The molecule has 5 rings (SSSR count). The van der Waals surface area contributed by atoms with Gasteiger partial charge in [0.15, 0.2) is 5.75 Å². The van der Waals surface area contributed by atoms with Crippen molar-refractivity contribution >= 4 is 28.9 Å². The Balaban J connectivity index is 1.55. The number of carbonyl (C=O) groups is 1. The predicted octanol–water partition coefficient (Wildman–Crippen LogP) is 3.14. The van der Waals surface area contributed by atoms with Crippen molar-refractivity contribution in [1.29, 1.82) is 0 Å². The maximum absolute atomic E-state index is 12.9. The molecule has 9 nitrogen and oxygen atoms in total. The summed E-state index contributed by atoms with van der Waals surface area (Å²) in [6.07, 6.45) is 4.07. The molecule has 1 aromatic carbocycles. The summed E-state index contributed by atoms with van der Waals surface area (Å²) in [6.45, 7) is 3.09. The second kappa shape index (κ2) is 9.92. The highest BCUT2D eigenvalue weighted by molar-refractivity contribution is 6.32. The number of hydrogen-bond acceptors (Lipinski definition) is 7. The second-order valence-electron chi connectivity index (χ2n) is 8.09. The van der Waals surface area contributed by atoms with E-state index in [0.29, 0.717) is 66.2 Å². The van der Waals surface area contributed by atoms with Gasteiger partial charge in [0.2, 0.25) is 0 Å². The summed E-state index contributed by atoms with van der Waals surface area (Å²) in [4.78, 5) is 20.6. The minimum absolute atomic E-state index is 0.0951. The molecular weight excluding hydrogens is 458 g/mol. The number of amides is 1. The smallest absolute Gasteiger partial charge is 0.255 e. The van der Waals surface area contributed by atoms with E-state index in [1.807, 2.05) is 18.2 Å². The lowest BCUT2D eigenvalue weighted by molar-refractivity contribution is 0.0593. The van der Waals surface area contributed by atoms with Gasteiger partial charge in [0.05, 0.1) is 60.2 Å². The van der Waals surface area contributed by atoms with E-state index in [2.05, 4.69) is 25.9 Å². The molecule has 1 saturated heterocycles. The molecule has 34 heavy (non-hydrogen) atoms. The predicted molar refractivity (Wildman–Crippen MR) is 129 cm³/mol. The molecule has 0 aliphatic carbocycles. The van der Waals surface area contributed by atoms with E-state index in [1.54, 1.807) is 25.6 Å². The zero-order valence-electron chi connectivity index (χ0n) is 18.7. The number of H-pyrrole nitrogens is 1. The summed E-state index contributed by atoms with van der Waals surface area (Å²) < 4.78 is 17.2. The number of carbonyl (C=O) groups excluding carboxylic acids is 1. The number of aromatic nitrogens is 2. The topological polar surface area (TPSA) is 110 Å². The molecule has 178 valence electrons. The molecule has 1 fully saturated rings. The molecule has 10 heteroatoms. The zero-order chi connectivity index (χ0) is 23.5. The first-order valence-corrected chi connectivity index (χ1v) is 11.5. The van der Waals surface area contributed by atoms with Gasteiger partial charge in [-0.15, -0.1) is 0 Å². The fraction of sp³-hybridized carbons (Fsp3) is 0.333. The lowest BCUT2D eigenvalue weighted by Gasteiger charge is -2.24. The van der Waals surface area contributed by atoms with Crippen LogP contribution in [-0.2, 0) is 11.2 Å². The van der Waals surface area contributed by atoms with E-state index >= 15 is 0 Å². The fourth-order valence-corrected chi connectivity index (χ4v) is 4.53. The Morgan fingerprint density at radius 2 is 2.21 bits per heavy atom. The van der Waals surface area contributed by atoms with Gasteiger partial charge in [0.1, 0.15) is 12.4 Å². The van der Waals surface area contributed by atoms with Crippen LogP contribution in [0.5, 0.6) is 11.5 Å². The van der Waals surface area contributed by atoms with Crippen LogP contribution in [0.15, 0.2) is 36.7 Å². The average molecular weight is 484 g/mol. The highest BCUT2D eigenvalue weighted by atomic mass is 35.5. The van der Waals surface area contributed by atoms with Crippen LogP contribution in [0.25, 0.3) is 11.3 Å². The summed E-state index contributed by atoms with van der Waals surface area (Å²) in [5.41, 5.74) is 4.21. The minimum atomic E-state index is -0.146. The van der Waals surface area contributed by atoms with E-state index in [9.17, 15) is 4.79 Å². The molecule has 0 bridgehead atoms. The first kappa shape index (κ1) is 22.5. The molecule has 2 aliphatic rings. The van der Waals surface area contributed by atoms with Crippen LogP contribution in [0.4, 0.5) is 11.4 Å². The highest BCUT2D eigenvalue weighted by Crippen LogP contribution is 2.42. The van der Waals surface area contributed by atoms with Crippen molar-refractivity contribution in [2.75, 3.05) is 45.3 Å². The van der Waals surface area contributed by atoms with Gasteiger partial charge in [-0.05, 0) is 18.2 Å². The van der Waals surface area contributed by atoms with Crippen LogP contribution in [0, 0.1) is 0 Å². The van der Waals surface area contributed by atoms with E-state index in [4.69, 9.17) is 25.8 Å². The molecule has 0 radical (unpaired) electrons. The number of benzene rings is 1. The third-order valence-electron chi connectivity index (χ3n) is 5.89. The first-order valence-electron chi connectivity index (χ1n) is 11.2. The molecule has 1 amide bonds. The van der Waals surface area contributed by atoms with Gasteiger partial charge < -0.3 is 35.1 Å². The zero-order valence-corrected chi connectivity index (χ0v) is 19.5. The number of hydrogen-bond donors (Lipinski definition) is 4. The summed E-state index contributed by atoms with van der Waals surface area (Å²) in [7, 11) is 1.56. The van der Waals surface area contributed by atoms with Gasteiger partial charge in [-0.1, -0.05) is 17.7 Å². The van der Waals surface area contributed by atoms with E-state index in [1.165, 1.54) is 0 Å². The van der Waals surface area contributed by atoms with Crippen LogP contribution in [0.1, 0.15) is 16.1 Å². The highest BCUT2D eigenvalue weighted by Gasteiger charge is 2.29. The number of nitrogens with one attached hydrogen (secondary N) is 4. The molecule has 0 saturated carbocycles. The fourth-order valence-electron chi connectivity index (χ4n) is 4.27. The number of rotatable bonds is 7. The van der Waals surface area contributed by atoms with Crippen LogP contribution >= 0.6 is 11.6 Å². The molecule has 0 unspecified atom stereocenters. The van der Waals surface area contributed by atoms with Gasteiger partial charge >= 0.3 is 0 Å². The lowest BCUT2D eigenvalue weighted by atomic mass is 10.0. The number of morpholine rings is 1. The van der Waals surface area contributed by atoms with E-state index in [0.717, 1.165) is 23.5 Å². The number of nitrogens with zero attached hydrogens (tertiary/aromatic N) is 1.